The smallest absolute Gasteiger partial charge is 0.242 e. The summed E-state index contributed by atoms with van der Waals surface area (Å²) in [5.74, 6) is 0.514. The van der Waals surface area contributed by atoms with Gasteiger partial charge in [-0.05, 0) is 12.1 Å². The van der Waals surface area contributed by atoms with Gasteiger partial charge in [-0.2, -0.15) is 0 Å². The van der Waals surface area contributed by atoms with E-state index >= 15 is 0 Å². The van der Waals surface area contributed by atoms with Crippen molar-refractivity contribution in [3.05, 3.63) is 30.9 Å². The Bertz CT molecular complexity index is 483. The molecule has 0 amide bonds. The highest BCUT2D eigenvalue weighted by atomic mass is 32.2. The van der Waals surface area contributed by atoms with E-state index < -0.39 is 10.0 Å². The second-order valence-corrected chi connectivity index (χ2v) is 4.78. The van der Waals surface area contributed by atoms with Gasteiger partial charge in [-0.3, -0.25) is 0 Å². The van der Waals surface area contributed by atoms with Crippen molar-refractivity contribution >= 4 is 15.7 Å². The molecule has 0 aliphatic rings. The molecule has 1 aromatic rings. The van der Waals surface area contributed by atoms with Crippen LogP contribution in [0.3, 0.4) is 0 Å². The Morgan fingerprint density at radius 3 is 2.75 bits per heavy atom. The van der Waals surface area contributed by atoms with Gasteiger partial charge >= 0.3 is 0 Å². The van der Waals surface area contributed by atoms with Crippen molar-refractivity contribution in [2.75, 3.05) is 19.4 Å². The van der Waals surface area contributed by atoms with Crippen LogP contribution in [0.15, 0.2) is 35.7 Å². The number of benzene rings is 1. The number of methoxy groups -OCH3 is 1. The summed E-state index contributed by atoms with van der Waals surface area (Å²) in [5.41, 5.74) is 5.78. The highest BCUT2D eigenvalue weighted by Crippen LogP contribution is 2.23. The molecule has 0 spiro atoms. The summed E-state index contributed by atoms with van der Waals surface area (Å²) in [7, 11) is -2.09. The first-order valence-corrected chi connectivity index (χ1v) is 6.03. The number of hydrogen-bond acceptors (Lipinski definition) is 4. The molecule has 6 heteroatoms. The number of nitrogens with one attached hydrogen (secondary N) is 1. The minimum absolute atomic E-state index is 0.0372. The largest absolute Gasteiger partial charge is 0.497 e. The van der Waals surface area contributed by atoms with E-state index in [1.165, 1.54) is 25.3 Å². The Morgan fingerprint density at radius 2 is 2.25 bits per heavy atom. The van der Waals surface area contributed by atoms with Crippen molar-refractivity contribution in [2.24, 2.45) is 0 Å². The Morgan fingerprint density at radius 1 is 1.56 bits per heavy atom. The fourth-order valence-electron chi connectivity index (χ4n) is 1.14. The molecule has 0 bridgehead atoms. The number of nitrogens with two attached hydrogens (primary N) is 1. The first kappa shape index (κ1) is 12.5. The number of nitrogen functional groups attached to an aromatic ring is 1. The van der Waals surface area contributed by atoms with Crippen LogP contribution in [-0.4, -0.2) is 22.1 Å². The number of sulfonamides is 1. The summed E-state index contributed by atoms with van der Waals surface area (Å²) < 4.78 is 30.7. The fraction of sp³-hybridized carbons (Fsp3) is 0.200. The molecule has 0 unspecified atom stereocenters. The lowest BCUT2D eigenvalue weighted by Crippen LogP contribution is -2.24. The zero-order valence-electron chi connectivity index (χ0n) is 8.93. The molecule has 3 N–H and O–H groups in total. The summed E-state index contributed by atoms with van der Waals surface area (Å²) in [4.78, 5) is 0.0372. The third-order valence-corrected chi connectivity index (χ3v) is 3.42. The van der Waals surface area contributed by atoms with Crippen LogP contribution in [0, 0.1) is 0 Å². The zero-order chi connectivity index (χ0) is 12.2. The molecule has 0 saturated heterocycles. The second-order valence-electron chi connectivity index (χ2n) is 3.04. The van der Waals surface area contributed by atoms with E-state index in [1.54, 1.807) is 6.07 Å². The van der Waals surface area contributed by atoms with E-state index in [0.29, 0.717) is 5.75 Å². The highest BCUT2D eigenvalue weighted by molar-refractivity contribution is 7.89. The van der Waals surface area contributed by atoms with Gasteiger partial charge in [0.25, 0.3) is 0 Å². The molecular formula is C10H14N2O3S. The number of hydrogen-bond donors (Lipinski definition) is 2. The summed E-state index contributed by atoms with van der Waals surface area (Å²) in [5, 5.41) is 0. The summed E-state index contributed by atoms with van der Waals surface area (Å²) in [6.07, 6.45) is 1.46. The third-order valence-electron chi connectivity index (χ3n) is 1.92. The van der Waals surface area contributed by atoms with Crippen molar-refractivity contribution in [3.8, 4) is 5.75 Å². The molecule has 16 heavy (non-hydrogen) atoms. The van der Waals surface area contributed by atoms with Crippen LogP contribution in [0.5, 0.6) is 5.75 Å². The van der Waals surface area contributed by atoms with Gasteiger partial charge in [0.05, 0.1) is 12.8 Å². The second kappa shape index (κ2) is 5.00. The maximum Gasteiger partial charge on any atom is 0.242 e. The van der Waals surface area contributed by atoms with E-state index in [9.17, 15) is 8.42 Å². The van der Waals surface area contributed by atoms with Crippen LogP contribution in [0.25, 0.3) is 0 Å². The molecule has 88 valence electrons. The first-order chi connectivity index (χ1) is 7.51. The SMILES string of the molecule is C=CCNS(=O)(=O)c1ccc(OC)cc1N. The maximum atomic E-state index is 11.7. The number of ether oxygens (including phenoxy) is 1. The van der Waals surface area contributed by atoms with Crippen molar-refractivity contribution < 1.29 is 13.2 Å². The van der Waals surface area contributed by atoms with Gasteiger partial charge < -0.3 is 10.5 Å². The van der Waals surface area contributed by atoms with Crippen LogP contribution in [-0.2, 0) is 10.0 Å². The number of rotatable bonds is 5. The van der Waals surface area contributed by atoms with Crippen LogP contribution >= 0.6 is 0 Å². The normalized spacial score (nSPS) is 11.1. The van der Waals surface area contributed by atoms with Gasteiger partial charge in [0.2, 0.25) is 10.0 Å². The van der Waals surface area contributed by atoms with Crippen LogP contribution in [0.1, 0.15) is 0 Å². The summed E-state index contributed by atoms with van der Waals surface area (Å²) in [6.45, 7) is 3.59. The van der Waals surface area contributed by atoms with Crippen molar-refractivity contribution in [1.82, 2.24) is 4.72 Å². The average molecular weight is 242 g/mol. The fourth-order valence-corrected chi connectivity index (χ4v) is 2.25. The summed E-state index contributed by atoms with van der Waals surface area (Å²) >= 11 is 0. The van der Waals surface area contributed by atoms with Gasteiger partial charge in [0, 0.05) is 12.6 Å². The Balaban J connectivity index is 3.09. The molecule has 1 aromatic carbocycles. The molecule has 0 atom stereocenters. The zero-order valence-corrected chi connectivity index (χ0v) is 9.75. The molecule has 0 aliphatic carbocycles. The molecular weight excluding hydrogens is 228 g/mol. The van der Waals surface area contributed by atoms with Gasteiger partial charge in [-0.15, -0.1) is 6.58 Å². The quantitative estimate of drug-likeness (QED) is 0.589. The van der Waals surface area contributed by atoms with E-state index in [1.807, 2.05) is 0 Å². The van der Waals surface area contributed by atoms with Gasteiger partial charge in [-0.25, -0.2) is 13.1 Å². The lowest BCUT2D eigenvalue weighted by atomic mass is 10.3. The van der Waals surface area contributed by atoms with Gasteiger partial charge in [-0.1, -0.05) is 6.08 Å². The van der Waals surface area contributed by atoms with Crippen molar-refractivity contribution in [2.45, 2.75) is 4.90 Å². The topological polar surface area (TPSA) is 81.4 Å². The number of anilines is 1. The Hall–Kier alpha value is -1.53. The Kier molecular flexibility index (Phi) is 3.92. The predicted octanol–water partition coefficient (Wildman–Crippen LogP) is 0.742. The summed E-state index contributed by atoms with van der Waals surface area (Å²) in [6, 6.07) is 4.40. The molecule has 0 fully saturated rings. The Labute approximate surface area is 95.0 Å². The molecule has 0 saturated carbocycles. The first-order valence-electron chi connectivity index (χ1n) is 4.55. The average Bonchev–Trinajstić information content (AvgIpc) is 2.25. The molecule has 1 rings (SSSR count). The van der Waals surface area contributed by atoms with Crippen LogP contribution < -0.4 is 15.2 Å². The van der Waals surface area contributed by atoms with E-state index in [0.717, 1.165) is 0 Å². The lowest BCUT2D eigenvalue weighted by molar-refractivity contribution is 0.414. The minimum Gasteiger partial charge on any atom is -0.497 e. The predicted molar refractivity (Wildman–Crippen MR) is 62.8 cm³/mol. The lowest BCUT2D eigenvalue weighted by Gasteiger charge is -2.08. The maximum absolute atomic E-state index is 11.7. The monoisotopic (exact) mass is 242 g/mol. The molecule has 0 heterocycles. The highest BCUT2D eigenvalue weighted by Gasteiger charge is 2.16. The minimum atomic E-state index is -3.58. The van der Waals surface area contributed by atoms with Gasteiger partial charge in [0.15, 0.2) is 0 Å². The van der Waals surface area contributed by atoms with Crippen molar-refractivity contribution in [1.29, 1.82) is 0 Å². The molecule has 0 aliphatic heterocycles. The molecule has 5 nitrogen and oxygen atoms in total. The third kappa shape index (κ3) is 2.74. The van der Waals surface area contributed by atoms with Crippen molar-refractivity contribution in [3.63, 3.8) is 0 Å². The molecule has 0 aromatic heterocycles. The van der Waals surface area contributed by atoms with Crippen LogP contribution in [0.4, 0.5) is 5.69 Å². The standard InChI is InChI=1S/C10H14N2O3S/c1-3-6-12-16(13,14)10-5-4-8(15-2)7-9(10)11/h3-5,7,12H,1,6,11H2,2H3. The van der Waals surface area contributed by atoms with E-state index in [-0.39, 0.29) is 17.1 Å². The van der Waals surface area contributed by atoms with E-state index in [4.69, 9.17) is 10.5 Å². The van der Waals surface area contributed by atoms with Gasteiger partial charge in [0.1, 0.15) is 10.6 Å². The van der Waals surface area contributed by atoms with Crippen LogP contribution in [0.2, 0.25) is 0 Å². The van der Waals surface area contributed by atoms with E-state index in [2.05, 4.69) is 11.3 Å². The molecule has 0 radical (unpaired) electrons.